The fraction of sp³-hybridized carbons (Fsp3) is 0.842. The number of Topliss-reactive ketones (excluding diaryl/α,β-unsaturated/α-hetero) is 1. The van der Waals surface area contributed by atoms with Crippen LogP contribution in [0.1, 0.15) is 96.8 Å². The van der Waals surface area contributed by atoms with Gasteiger partial charge in [0.05, 0.1) is 0 Å². The molecule has 0 heterocycles. The molecule has 0 aromatic heterocycles. The number of allylic oxidation sites excluding steroid dienone is 2. The molecule has 1 aliphatic rings. The number of carbonyl (C=O) groups excluding carboxylic acids is 1. The zero-order chi connectivity index (χ0) is 14.5. The lowest BCUT2D eigenvalue weighted by Crippen LogP contribution is -2.09. The largest absolute Gasteiger partial charge is 0.299 e. The van der Waals surface area contributed by atoms with Crippen LogP contribution in [0, 0.1) is 5.92 Å². The molecule has 0 atom stereocenters. The molecule has 1 nitrogen and oxygen atoms in total. The summed E-state index contributed by atoms with van der Waals surface area (Å²) in [6.07, 6.45) is 21.9. The molecule has 0 unspecified atom stereocenters. The molecule has 20 heavy (non-hydrogen) atoms. The Bertz CT molecular complexity index is 261. The Morgan fingerprint density at radius 1 is 0.900 bits per heavy atom. The molecule has 116 valence electrons. The van der Waals surface area contributed by atoms with Crippen LogP contribution in [0.25, 0.3) is 0 Å². The van der Waals surface area contributed by atoms with E-state index in [-0.39, 0.29) is 0 Å². The van der Waals surface area contributed by atoms with Gasteiger partial charge in [0.25, 0.3) is 0 Å². The van der Waals surface area contributed by atoms with Crippen molar-refractivity contribution in [2.75, 3.05) is 0 Å². The van der Waals surface area contributed by atoms with Crippen LogP contribution in [-0.4, -0.2) is 5.78 Å². The molecule has 0 aromatic carbocycles. The van der Waals surface area contributed by atoms with Crippen molar-refractivity contribution in [3.8, 4) is 0 Å². The second-order valence-corrected chi connectivity index (χ2v) is 6.37. The minimum atomic E-state index is 0.429. The van der Waals surface area contributed by atoms with Crippen LogP contribution in [0.4, 0.5) is 0 Å². The fourth-order valence-corrected chi connectivity index (χ4v) is 3.11. The third-order valence-corrected chi connectivity index (χ3v) is 4.50. The van der Waals surface area contributed by atoms with Crippen molar-refractivity contribution in [1.29, 1.82) is 0 Å². The molecule has 0 aromatic rings. The Kier molecular flexibility index (Phi) is 10.6. The van der Waals surface area contributed by atoms with E-state index in [1.807, 2.05) is 0 Å². The number of hydrogen-bond donors (Lipinski definition) is 0. The highest BCUT2D eigenvalue weighted by atomic mass is 16.1. The lowest BCUT2D eigenvalue weighted by molar-refractivity contribution is -0.122. The maximum Gasteiger partial charge on any atom is 0.135 e. The summed E-state index contributed by atoms with van der Waals surface area (Å²) >= 11 is 0. The van der Waals surface area contributed by atoms with Gasteiger partial charge in [-0.1, -0.05) is 57.6 Å². The minimum absolute atomic E-state index is 0.429. The Morgan fingerprint density at radius 3 is 2.10 bits per heavy atom. The smallest absolute Gasteiger partial charge is 0.135 e. The van der Waals surface area contributed by atoms with E-state index in [9.17, 15) is 4.79 Å². The summed E-state index contributed by atoms with van der Waals surface area (Å²) in [5.41, 5.74) is 0. The summed E-state index contributed by atoms with van der Waals surface area (Å²) in [4.78, 5) is 11.9. The minimum Gasteiger partial charge on any atom is -0.299 e. The third-order valence-electron chi connectivity index (χ3n) is 4.50. The van der Waals surface area contributed by atoms with Gasteiger partial charge < -0.3 is 0 Å². The first-order valence-corrected chi connectivity index (χ1v) is 9.02. The number of carbonyl (C=O) groups is 1. The number of unbranched alkanes of at least 4 members (excludes halogenated alkanes) is 7. The molecule has 0 amide bonds. The average Bonchev–Trinajstić information content (AvgIpc) is 2.99. The summed E-state index contributed by atoms with van der Waals surface area (Å²) in [7, 11) is 0. The number of hydrogen-bond acceptors (Lipinski definition) is 1. The van der Waals surface area contributed by atoms with Crippen molar-refractivity contribution >= 4 is 5.78 Å². The first-order valence-electron chi connectivity index (χ1n) is 9.02. The highest BCUT2D eigenvalue weighted by Gasteiger charge is 2.21. The second-order valence-electron chi connectivity index (χ2n) is 6.37. The topological polar surface area (TPSA) is 17.1 Å². The maximum atomic E-state index is 11.9. The number of rotatable bonds is 12. The van der Waals surface area contributed by atoms with E-state index in [1.165, 1.54) is 77.0 Å². The van der Waals surface area contributed by atoms with Gasteiger partial charge in [0, 0.05) is 12.3 Å². The molecule has 0 aliphatic heterocycles. The van der Waals surface area contributed by atoms with Crippen molar-refractivity contribution in [2.24, 2.45) is 5.92 Å². The standard InChI is InChI=1S/C19H34O/c1-2-3-4-5-6-7-8-9-10-11-12-17-19(20)18-15-13-14-16-18/h7-8,18H,2-6,9-17H2,1H3. The van der Waals surface area contributed by atoms with Crippen molar-refractivity contribution in [1.82, 2.24) is 0 Å². The predicted octanol–water partition coefficient (Wildman–Crippen LogP) is 6.22. The normalized spacial score (nSPS) is 16.2. The van der Waals surface area contributed by atoms with Crippen LogP contribution >= 0.6 is 0 Å². The molecule has 1 aliphatic carbocycles. The van der Waals surface area contributed by atoms with Gasteiger partial charge in [0.15, 0.2) is 0 Å². The Labute approximate surface area is 126 Å². The summed E-state index contributed by atoms with van der Waals surface area (Å²) in [5, 5.41) is 0. The van der Waals surface area contributed by atoms with Gasteiger partial charge in [-0.15, -0.1) is 0 Å². The van der Waals surface area contributed by atoms with Gasteiger partial charge in [-0.05, 0) is 44.9 Å². The van der Waals surface area contributed by atoms with E-state index in [0.717, 1.165) is 12.8 Å². The monoisotopic (exact) mass is 278 g/mol. The van der Waals surface area contributed by atoms with E-state index in [4.69, 9.17) is 0 Å². The van der Waals surface area contributed by atoms with Crippen molar-refractivity contribution < 1.29 is 4.79 Å². The van der Waals surface area contributed by atoms with Crippen LogP contribution in [0.3, 0.4) is 0 Å². The molecule has 1 saturated carbocycles. The Hall–Kier alpha value is -0.590. The zero-order valence-electron chi connectivity index (χ0n) is 13.5. The maximum absolute atomic E-state index is 11.9. The highest BCUT2D eigenvalue weighted by molar-refractivity contribution is 5.81. The van der Waals surface area contributed by atoms with Crippen LogP contribution in [-0.2, 0) is 4.79 Å². The van der Waals surface area contributed by atoms with Crippen molar-refractivity contribution in [3.05, 3.63) is 12.2 Å². The van der Waals surface area contributed by atoms with Gasteiger partial charge in [0.1, 0.15) is 5.78 Å². The van der Waals surface area contributed by atoms with Crippen LogP contribution in [0.15, 0.2) is 12.2 Å². The van der Waals surface area contributed by atoms with Gasteiger partial charge in [-0.3, -0.25) is 4.79 Å². The van der Waals surface area contributed by atoms with E-state index >= 15 is 0 Å². The van der Waals surface area contributed by atoms with Crippen LogP contribution in [0.2, 0.25) is 0 Å². The first kappa shape index (κ1) is 17.5. The molecule has 0 spiro atoms. The highest BCUT2D eigenvalue weighted by Crippen LogP contribution is 2.27. The van der Waals surface area contributed by atoms with Gasteiger partial charge in [-0.2, -0.15) is 0 Å². The summed E-state index contributed by atoms with van der Waals surface area (Å²) in [6, 6.07) is 0. The predicted molar refractivity (Wildman–Crippen MR) is 87.9 cm³/mol. The first-order chi connectivity index (χ1) is 9.84. The molecule has 0 bridgehead atoms. The molecular formula is C19H34O. The van der Waals surface area contributed by atoms with E-state index in [0.29, 0.717) is 11.7 Å². The number of ketones is 1. The average molecular weight is 278 g/mol. The van der Waals surface area contributed by atoms with Crippen molar-refractivity contribution in [2.45, 2.75) is 96.8 Å². The SMILES string of the molecule is CCCCCCC=CCCCCCC(=O)C1CCCC1. The Balaban J connectivity index is 1.84. The lowest BCUT2D eigenvalue weighted by atomic mass is 9.97. The lowest BCUT2D eigenvalue weighted by Gasteiger charge is -2.06. The molecule has 0 radical (unpaired) electrons. The Morgan fingerprint density at radius 2 is 1.50 bits per heavy atom. The summed E-state index contributed by atoms with van der Waals surface area (Å²) in [6.45, 7) is 2.26. The van der Waals surface area contributed by atoms with E-state index < -0.39 is 0 Å². The van der Waals surface area contributed by atoms with E-state index in [2.05, 4.69) is 19.1 Å². The molecule has 0 saturated heterocycles. The summed E-state index contributed by atoms with van der Waals surface area (Å²) in [5.74, 6) is 0.979. The molecule has 0 N–H and O–H groups in total. The quantitative estimate of drug-likeness (QED) is 0.306. The van der Waals surface area contributed by atoms with Gasteiger partial charge in [-0.25, -0.2) is 0 Å². The summed E-state index contributed by atoms with van der Waals surface area (Å²) < 4.78 is 0. The molecule has 1 rings (SSSR count). The van der Waals surface area contributed by atoms with Gasteiger partial charge >= 0.3 is 0 Å². The third kappa shape index (κ3) is 8.55. The van der Waals surface area contributed by atoms with Crippen molar-refractivity contribution in [3.63, 3.8) is 0 Å². The molecule has 1 fully saturated rings. The van der Waals surface area contributed by atoms with Crippen LogP contribution in [0.5, 0.6) is 0 Å². The molecule has 1 heteroatoms. The second kappa shape index (κ2) is 12.2. The zero-order valence-corrected chi connectivity index (χ0v) is 13.5. The van der Waals surface area contributed by atoms with Gasteiger partial charge in [0.2, 0.25) is 0 Å². The molecular weight excluding hydrogens is 244 g/mol. The fourth-order valence-electron chi connectivity index (χ4n) is 3.11. The van der Waals surface area contributed by atoms with Crippen LogP contribution < -0.4 is 0 Å². The van der Waals surface area contributed by atoms with E-state index in [1.54, 1.807) is 0 Å².